The van der Waals surface area contributed by atoms with E-state index >= 15 is 0 Å². The van der Waals surface area contributed by atoms with Crippen molar-refractivity contribution >= 4 is 11.8 Å². The van der Waals surface area contributed by atoms with Gasteiger partial charge in [-0.25, -0.2) is 0 Å². The SMILES string of the molecule is C=C(C)[C@@H]1CC[C@]2(C(=O)O)CC[C@]3(C)[C@H](CC[C@@H]4[C@@]5(C)CC(N=O)C(=O)C(C)(C)[C@@H]5CC[C@]43C)[C@@H]12. The summed E-state index contributed by atoms with van der Waals surface area (Å²) in [6, 6.07) is -0.743. The zero-order chi connectivity index (χ0) is 25.8. The number of carboxylic acids is 1. The zero-order valence-electron chi connectivity index (χ0n) is 22.7. The molecule has 35 heavy (non-hydrogen) atoms. The van der Waals surface area contributed by atoms with Gasteiger partial charge in [0.2, 0.25) is 0 Å². The van der Waals surface area contributed by atoms with E-state index in [4.69, 9.17) is 0 Å². The van der Waals surface area contributed by atoms with Gasteiger partial charge in [-0.3, -0.25) is 9.59 Å². The maximum absolute atomic E-state index is 13.2. The Kier molecular flexibility index (Phi) is 5.39. The zero-order valence-corrected chi connectivity index (χ0v) is 22.7. The van der Waals surface area contributed by atoms with E-state index in [2.05, 4.69) is 39.5 Å². The number of carbonyl (C=O) groups excluding carboxylic acids is 1. The summed E-state index contributed by atoms with van der Waals surface area (Å²) in [6.45, 7) is 17.8. The number of hydrogen-bond donors (Lipinski definition) is 1. The molecule has 1 unspecified atom stereocenters. The Labute approximate surface area is 210 Å². The fourth-order valence-corrected chi connectivity index (χ4v) is 11.5. The van der Waals surface area contributed by atoms with Gasteiger partial charge in [-0.2, -0.15) is 4.91 Å². The van der Waals surface area contributed by atoms with Gasteiger partial charge < -0.3 is 5.11 Å². The lowest BCUT2D eigenvalue weighted by molar-refractivity contribution is -0.236. The molecule has 0 spiro atoms. The molecule has 0 aliphatic heterocycles. The van der Waals surface area contributed by atoms with Crippen LogP contribution in [0.15, 0.2) is 17.3 Å². The molecule has 0 radical (unpaired) electrons. The molecule has 5 fully saturated rings. The molecular formula is C30H45NO4. The van der Waals surface area contributed by atoms with Crippen molar-refractivity contribution in [3.8, 4) is 0 Å². The molecule has 1 N–H and O–H groups in total. The van der Waals surface area contributed by atoms with Crippen molar-refractivity contribution in [3.05, 3.63) is 17.1 Å². The van der Waals surface area contributed by atoms with Gasteiger partial charge in [0.25, 0.3) is 0 Å². The van der Waals surface area contributed by atoms with Crippen LogP contribution in [0.2, 0.25) is 0 Å². The lowest BCUT2D eigenvalue weighted by Gasteiger charge is -2.72. The second-order valence-electron chi connectivity index (χ2n) is 14.6. The molecule has 0 amide bonds. The summed E-state index contributed by atoms with van der Waals surface area (Å²) in [6.07, 6.45) is 8.16. The number of nitrogens with zero attached hydrogens (tertiary/aromatic N) is 1. The predicted octanol–water partition coefficient (Wildman–Crippen LogP) is 7.04. The maximum atomic E-state index is 13.2. The minimum atomic E-state index is -0.743. The van der Waals surface area contributed by atoms with Crippen LogP contribution in [-0.4, -0.2) is 22.9 Å². The average Bonchev–Trinajstić information content (AvgIpc) is 3.18. The number of fused-ring (bicyclic) bond motifs is 7. The van der Waals surface area contributed by atoms with Crippen molar-refractivity contribution in [1.82, 2.24) is 0 Å². The third-order valence-corrected chi connectivity index (χ3v) is 13.3. The van der Waals surface area contributed by atoms with Crippen LogP contribution in [0, 0.1) is 61.6 Å². The van der Waals surface area contributed by atoms with E-state index < -0.39 is 22.8 Å². The van der Waals surface area contributed by atoms with Crippen LogP contribution in [0.25, 0.3) is 0 Å². The predicted molar refractivity (Wildman–Crippen MR) is 137 cm³/mol. The highest BCUT2D eigenvalue weighted by Crippen LogP contribution is 2.77. The van der Waals surface area contributed by atoms with E-state index in [1.807, 2.05) is 13.8 Å². The summed E-state index contributed by atoms with van der Waals surface area (Å²) in [5, 5.41) is 13.8. The molecule has 0 aromatic carbocycles. The van der Waals surface area contributed by atoms with Gasteiger partial charge >= 0.3 is 5.97 Å². The van der Waals surface area contributed by atoms with E-state index in [1.165, 1.54) is 0 Å². The van der Waals surface area contributed by atoms with Gasteiger partial charge in [-0.1, -0.05) is 51.9 Å². The number of rotatable bonds is 3. The van der Waals surface area contributed by atoms with Gasteiger partial charge in [-0.15, -0.1) is 0 Å². The molecule has 5 rings (SSSR count). The lowest BCUT2D eigenvalue weighted by Crippen LogP contribution is -2.68. The molecule has 5 aliphatic carbocycles. The van der Waals surface area contributed by atoms with Crippen LogP contribution in [0.1, 0.15) is 99.3 Å². The standard InChI is InChI=1S/C30H45NO4/c1-17(2)18-10-13-30(25(33)34)15-14-28(6)19(23(18)30)8-9-22-27(5)16-20(31-35)24(32)26(3,4)21(27)11-12-29(22,28)7/h18-23H,1,8-16H2,2-7H3,(H,33,34)/t18-,19+,20?,21-,22+,23+,27-,28+,29+,30-/m0/s1. The molecule has 194 valence electrons. The summed E-state index contributed by atoms with van der Waals surface area (Å²) >= 11 is 0. The van der Waals surface area contributed by atoms with Gasteiger partial charge in [0.1, 0.15) is 0 Å². The highest BCUT2D eigenvalue weighted by Gasteiger charge is 2.72. The Morgan fingerprint density at radius 2 is 1.63 bits per heavy atom. The first-order valence-electron chi connectivity index (χ1n) is 14.0. The third kappa shape index (κ3) is 2.87. The van der Waals surface area contributed by atoms with Crippen molar-refractivity contribution < 1.29 is 14.7 Å². The van der Waals surface area contributed by atoms with Crippen LogP contribution >= 0.6 is 0 Å². The van der Waals surface area contributed by atoms with Crippen molar-refractivity contribution in [2.75, 3.05) is 0 Å². The van der Waals surface area contributed by atoms with E-state index in [0.717, 1.165) is 56.9 Å². The molecule has 0 bridgehead atoms. The van der Waals surface area contributed by atoms with E-state index in [0.29, 0.717) is 18.3 Å². The quantitative estimate of drug-likeness (QED) is 0.344. The second kappa shape index (κ2) is 7.51. The van der Waals surface area contributed by atoms with Crippen LogP contribution in [-0.2, 0) is 9.59 Å². The molecule has 0 aromatic heterocycles. The minimum Gasteiger partial charge on any atom is -0.481 e. The first kappa shape index (κ1) is 25.1. The Hall–Kier alpha value is -1.52. The molecule has 5 heteroatoms. The van der Waals surface area contributed by atoms with Gasteiger partial charge in [0.15, 0.2) is 11.8 Å². The molecular weight excluding hydrogens is 438 g/mol. The van der Waals surface area contributed by atoms with Crippen molar-refractivity contribution in [3.63, 3.8) is 0 Å². The molecule has 0 heterocycles. The largest absolute Gasteiger partial charge is 0.481 e. The Morgan fingerprint density at radius 1 is 0.943 bits per heavy atom. The summed E-state index contributed by atoms with van der Waals surface area (Å²) in [5.41, 5.74) is -0.00505. The lowest BCUT2D eigenvalue weighted by atomic mass is 9.32. The van der Waals surface area contributed by atoms with Crippen LogP contribution < -0.4 is 0 Å². The number of aliphatic carboxylic acids is 1. The highest BCUT2D eigenvalue weighted by atomic mass is 16.4. The molecule has 5 aliphatic rings. The van der Waals surface area contributed by atoms with Crippen LogP contribution in [0.4, 0.5) is 0 Å². The molecule has 5 saturated carbocycles. The van der Waals surface area contributed by atoms with Gasteiger partial charge in [-0.05, 0) is 111 Å². The first-order chi connectivity index (χ1) is 16.2. The topological polar surface area (TPSA) is 83.8 Å². The molecule has 5 nitrogen and oxygen atoms in total. The maximum Gasteiger partial charge on any atom is 0.309 e. The number of hydrogen-bond acceptors (Lipinski definition) is 4. The Morgan fingerprint density at radius 3 is 2.23 bits per heavy atom. The fourth-order valence-electron chi connectivity index (χ4n) is 11.5. The summed E-state index contributed by atoms with van der Waals surface area (Å²) < 4.78 is 0. The third-order valence-electron chi connectivity index (χ3n) is 13.3. The van der Waals surface area contributed by atoms with Crippen molar-refractivity contribution in [2.24, 2.45) is 61.8 Å². The number of carbonyl (C=O) groups is 2. The Bertz CT molecular complexity index is 987. The number of allylic oxidation sites excluding steroid dienone is 1. The normalized spacial score (nSPS) is 52.5. The summed E-state index contributed by atoms with van der Waals surface area (Å²) in [5.74, 6) is 0.923. The molecule has 0 saturated heterocycles. The van der Waals surface area contributed by atoms with Crippen LogP contribution in [0.3, 0.4) is 0 Å². The monoisotopic (exact) mass is 483 g/mol. The first-order valence-corrected chi connectivity index (χ1v) is 14.0. The van der Waals surface area contributed by atoms with E-state index in [1.54, 1.807) is 0 Å². The number of carboxylic acid groups (broad SMARTS) is 1. The fraction of sp³-hybridized carbons (Fsp3) is 0.867. The smallest absolute Gasteiger partial charge is 0.309 e. The summed E-state index contributed by atoms with van der Waals surface area (Å²) in [7, 11) is 0. The highest BCUT2D eigenvalue weighted by molar-refractivity contribution is 5.90. The number of Topliss-reactive ketones (excluding diaryl/α,β-unsaturated/α-hetero) is 1. The van der Waals surface area contributed by atoms with E-state index in [-0.39, 0.29) is 39.8 Å². The average molecular weight is 484 g/mol. The van der Waals surface area contributed by atoms with Gasteiger partial charge in [0.05, 0.1) is 5.41 Å². The molecule has 0 aromatic rings. The second-order valence-corrected chi connectivity index (χ2v) is 14.6. The van der Waals surface area contributed by atoms with Crippen LogP contribution in [0.5, 0.6) is 0 Å². The minimum absolute atomic E-state index is 0.0256. The summed E-state index contributed by atoms with van der Waals surface area (Å²) in [4.78, 5) is 37.7. The van der Waals surface area contributed by atoms with E-state index in [9.17, 15) is 19.6 Å². The van der Waals surface area contributed by atoms with Crippen molar-refractivity contribution in [1.29, 1.82) is 0 Å². The Balaban J connectivity index is 1.58. The number of ketones is 1. The van der Waals surface area contributed by atoms with Gasteiger partial charge in [0, 0.05) is 5.41 Å². The number of nitroso groups, excluding NO2 is 1. The van der Waals surface area contributed by atoms with Crippen molar-refractivity contribution in [2.45, 2.75) is 105 Å². The molecule has 10 atom stereocenters.